The Kier molecular flexibility index (Phi) is 3.46. The van der Waals surface area contributed by atoms with Crippen molar-refractivity contribution in [3.05, 3.63) is 43.2 Å². The Morgan fingerprint density at radius 1 is 1.40 bits per heavy atom. The molecule has 4 heteroatoms. The van der Waals surface area contributed by atoms with Gasteiger partial charge in [0.2, 0.25) is 0 Å². The highest BCUT2D eigenvalue weighted by molar-refractivity contribution is 7.13. The quantitative estimate of drug-likeness (QED) is 0.879. The lowest BCUT2D eigenvalue weighted by Crippen LogP contribution is -1.93. The van der Waals surface area contributed by atoms with Crippen LogP contribution in [-0.4, -0.2) is 5.11 Å². The first kappa shape index (κ1) is 11.1. The van der Waals surface area contributed by atoms with Crippen molar-refractivity contribution in [3.63, 3.8) is 0 Å². The van der Waals surface area contributed by atoms with Gasteiger partial charge in [0.25, 0.3) is 0 Å². The summed E-state index contributed by atoms with van der Waals surface area (Å²) in [5.74, 6) is 0. The van der Waals surface area contributed by atoms with Crippen LogP contribution in [0.2, 0.25) is 5.02 Å². The van der Waals surface area contributed by atoms with Gasteiger partial charge in [-0.1, -0.05) is 18.5 Å². The number of aryl methyl sites for hydroxylation is 1. The van der Waals surface area contributed by atoms with Crippen LogP contribution in [0.1, 0.15) is 27.7 Å². The third kappa shape index (κ3) is 2.26. The van der Waals surface area contributed by atoms with Gasteiger partial charge in [-0.15, -0.1) is 22.7 Å². The molecule has 0 saturated heterocycles. The number of thiophene rings is 2. The second kappa shape index (κ2) is 4.66. The summed E-state index contributed by atoms with van der Waals surface area (Å²) in [7, 11) is 0. The maximum Gasteiger partial charge on any atom is 0.124 e. The van der Waals surface area contributed by atoms with Crippen molar-refractivity contribution in [2.24, 2.45) is 0 Å². The number of hydrogen-bond acceptors (Lipinski definition) is 3. The van der Waals surface area contributed by atoms with E-state index >= 15 is 0 Å². The van der Waals surface area contributed by atoms with E-state index in [1.54, 1.807) is 11.3 Å². The number of rotatable bonds is 3. The van der Waals surface area contributed by atoms with Crippen molar-refractivity contribution in [2.75, 3.05) is 0 Å². The summed E-state index contributed by atoms with van der Waals surface area (Å²) >= 11 is 9.12. The molecule has 0 aliphatic rings. The topological polar surface area (TPSA) is 20.2 Å². The molecule has 0 radical (unpaired) electrons. The third-order valence-corrected chi connectivity index (χ3v) is 4.89. The highest BCUT2D eigenvalue weighted by atomic mass is 35.5. The van der Waals surface area contributed by atoms with Gasteiger partial charge >= 0.3 is 0 Å². The zero-order valence-corrected chi connectivity index (χ0v) is 10.6. The number of aliphatic hydroxyl groups is 1. The molecule has 0 spiro atoms. The van der Waals surface area contributed by atoms with Crippen LogP contribution < -0.4 is 0 Å². The number of hydrogen-bond donors (Lipinski definition) is 1. The van der Waals surface area contributed by atoms with Crippen LogP contribution in [-0.2, 0) is 6.42 Å². The largest absolute Gasteiger partial charge is 0.382 e. The maximum atomic E-state index is 10.1. The van der Waals surface area contributed by atoms with E-state index in [9.17, 15) is 5.11 Å². The molecule has 15 heavy (non-hydrogen) atoms. The van der Waals surface area contributed by atoms with Crippen molar-refractivity contribution >= 4 is 34.3 Å². The Hall–Kier alpha value is -0.350. The van der Waals surface area contributed by atoms with Crippen LogP contribution in [0.25, 0.3) is 0 Å². The molecule has 0 aliphatic carbocycles. The second-order valence-electron chi connectivity index (χ2n) is 3.19. The molecule has 1 N–H and O–H groups in total. The van der Waals surface area contributed by atoms with Crippen LogP contribution in [0.15, 0.2) is 23.6 Å². The molecule has 2 aromatic rings. The van der Waals surface area contributed by atoms with Gasteiger partial charge in [-0.3, -0.25) is 0 Å². The van der Waals surface area contributed by atoms with Gasteiger partial charge in [0.05, 0.1) is 9.90 Å². The number of halogens is 1. The van der Waals surface area contributed by atoms with Crippen molar-refractivity contribution in [1.82, 2.24) is 0 Å². The monoisotopic (exact) mass is 258 g/mol. The Bertz CT molecular complexity index is 447. The highest BCUT2D eigenvalue weighted by Gasteiger charge is 2.16. The second-order valence-corrected chi connectivity index (χ2v) is 5.75. The summed E-state index contributed by atoms with van der Waals surface area (Å²) in [6, 6.07) is 5.86. The molecule has 2 aromatic heterocycles. The van der Waals surface area contributed by atoms with Crippen LogP contribution in [0.3, 0.4) is 0 Å². The molecule has 0 aliphatic heterocycles. The van der Waals surface area contributed by atoms with E-state index in [4.69, 9.17) is 11.6 Å². The Morgan fingerprint density at radius 2 is 2.20 bits per heavy atom. The predicted molar refractivity (Wildman–Crippen MR) is 67.1 cm³/mol. The lowest BCUT2D eigenvalue weighted by molar-refractivity contribution is 0.228. The fraction of sp³-hybridized carbons (Fsp3) is 0.273. The molecule has 2 rings (SSSR count). The molecule has 1 nitrogen and oxygen atoms in total. The Labute approximate surface area is 102 Å². The SMILES string of the molecule is CCc1ccc(C(O)c2sccc2Cl)s1. The molecule has 1 unspecified atom stereocenters. The van der Waals surface area contributed by atoms with Gasteiger partial charge < -0.3 is 5.11 Å². The Balaban J connectivity index is 2.28. The summed E-state index contributed by atoms with van der Waals surface area (Å²) in [5, 5.41) is 12.7. The average molecular weight is 259 g/mol. The van der Waals surface area contributed by atoms with Crippen molar-refractivity contribution < 1.29 is 5.11 Å². The normalized spacial score (nSPS) is 13.0. The molecule has 2 heterocycles. The van der Waals surface area contributed by atoms with E-state index in [-0.39, 0.29) is 0 Å². The van der Waals surface area contributed by atoms with Gasteiger partial charge in [0.1, 0.15) is 6.10 Å². The fourth-order valence-corrected chi connectivity index (χ4v) is 3.55. The molecule has 80 valence electrons. The molecule has 0 aromatic carbocycles. The van der Waals surface area contributed by atoms with Gasteiger partial charge in [-0.2, -0.15) is 0 Å². The minimum Gasteiger partial charge on any atom is -0.382 e. The van der Waals surface area contributed by atoms with Crippen molar-refractivity contribution in [1.29, 1.82) is 0 Å². The molecule has 0 fully saturated rings. The van der Waals surface area contributed by atoms with E-state index in [0.29, 0.717) is 5.02 Å². The molecular weight excluding hydrogens is 248 g/mol. The summed E-state index contributed by atoms with van der Waals surface area (Å²) in [5.41, 5.74) is 0. The first-order valence-corrected chi connectivity index (χ1v) is 6.79. The Morgan fingerprint density at radius 3 is 2.73 bits per heavy atom. The zero-order valence-electron chi connectivity index (χ0n) is 8.24. The summed E-state index contributed by atoms with van der Waals surface area (Å²) in [4.78, 5) is 3.09. The van der Waals surface area contributed by atoms with Crippen LogP contribution in [0.4, 0.5) is 0 Å². The summed E-state index contributed by atoms with van der Waals surface area (Å²) < 4.78 is 0. The predicted octanol–water partition coefficient (Wildman–Crippen LogP) is 4.11. The van der Waals surface area contributed by atoms with E-state index in [0.717, 1.165) is 16.2 Å². The van der Waals surface area contributed by atoms with E-state index in [1.807, 2.05) is 17.5 Å². The van der Waals surface area contributed by atoms with E-state index < -0.39 is 6.10 Å². The lowest BCUT2D eigenvalue weighted by Gasteiger charge is -2.06. The molecule has 1 atom stereocenters. The third-order valence-electron chi connectivity index (χ3n) is 2.19. The highest BCUT2D eigenvalue weighted by Crippen LogP contribution is 2.35. The molecule has 0 bridgehead atoms. The lowest BCUT2D eigenvalue weighted by atomic mass is 10.2. The van der Waals surface area contributed by atoms with Gasteiger partial charge in [-0.05, 0) is 30.0 Å². The summed E-state index contributed by atoms with van der Waals surface area (Å²) in [6.07, 6.45) is 0.443. The van der Waals surface area contributed by atoms with Crippen LogP contribution >= 0.6 is 34.3 Å². The molecule has 0 saturated carbocycles. The van der Waals surface area contributed by atoms with Gasteiger partial charge in [0.15, 0.2) is 0 Å². The standard InChI is InChI=1S/C11H11ClOS2/c1-2-7-3-4-9(15-7)10(13)11-8(12)5-6-14-11/h3-6,10,13H,2H2,1H3. The number of aliphatic hydroxyl groups excluding tert-OH is 1. The van der Waals surface area contributed by atoms with Gasteiger partial charge in [-0.25, -0.2) is 0 Å². The van der Waals surface area contributed by atoms with Crippen LogP contribution in [0, 0.1) is 0 Å². The van der Waals surface area contributed by atoms with E-state index in [2.05, 4.69) is 13.0 Å². The van der Waals surface area contributed by atoms with Crippen molar-refractivity contribution in [3.8, 4) is 0 Å². The van der Waals surface area contributed by atoms with E-state index in [1.165, 1.54) is 16.2 Å². The molecular formula is C11H11ClOS2. The maximum absolute atomic E-state index is 10.1. The minimum absolute atomic E-state index is 0.567. The first-order chi connectivity index (χ1) is 7.22. The fourth-order valence-electron chi connectivity index (χ4n) is 1.36. The van der Waals surface area contributed by atoms with Gasteiger partial charge in [0, 0.05) is 9.75 Å². The van der Waals surface area contributed by atoms with Crippen molar-refractivity contribution in [2.45, 2.75) is 19.4 Å². The minimum atomic E-state index is -0.567. The summed E-state index contributed by atoms with van der Waals surface area (Å²) in [6.45, 7) is 2.11. The average Bonchev–Trinajstić information content (AvgIpc) is 2.84. The van der Waals surface area contributed by atoms with Crippen LogP contribution in [0.5, 0.6) is 0 Å². The smallest absolute Gasteiger partial charge is 0.124 e. The first-order valence-electron chi connectivity index (χ1n) is 4.72. The molecule has 0 amide bonds. The zero-order chi connectivity index (χ0) is 10.8.